The summed E-state index contributed by atoms with van der Waals surface area (Å²) < 4.78 is 2.43. The maximum Gasteiger partial charge on any atom is 0.0786 e. The molecule has 2 aliphatic rings. The molecule has 250 valence electrons. The van der Waals surface area contributed by atoms with E-state index in [0.29, 0.717) is 0 Å². The summed E-state index contributed by atoms with van der Waals surface area (Å²) in [5, 5.41) is 2.51. The lowest BCUT2D eigenvalue weighted by atomic mass is 9.71. The van der Waals surface area contributed by atoms with E-state index in [1.165, 1.54) is 72.1 Å². The summed E-state index contributed by atoms with van der Waals surface area (Å²) in [6.07, 6.45) is 1.94. The number of anilines is 3. The number of rotatable bonds is 2. The molecule has 3 heterocycles. The van der Waals surface area contributed by atoms with Gasteiger partial charge >= 0.3 is 0 Å². The fraction of sp³-hybridized carbons (Fsp3) is 0.0600. The number of pyridine rings is 1. The van der Waals surface area contributed by atoms with Crippen molar-refractivity contribution in [3.63, 3.8) is 0 Å². The molecule has 3 nitrogen and oxygen atoms in total. The molecular formula is C50H35N3. The van der Waals surface area contributed by atoms with E-state index in [1.807, 2.05) is 6.20 Å². The lowest BCUT2D eigenvalue weighted by Crippen LogP contribution is -2.30. The monoisotopic (exact) mass is 677 g/mol. The Balaban J connectivity index is 1.28. The highest BCUT2D eigenvalue weighted by molar-refractivity contribution is 6.10. The van der Waals surface area contributed by atoms with Gasteiger partial charge in [-0.2, -0.15) is 0 Å². The number of hydrogen-bond acceptors (Lipinski definition) is 2. The molecule has 1 aliphatic heterocycles. The maximum atomic E-state index is 5.19. The minimum absolute atomic E-state index is 0.255. The van der Waals surface area contributed by atoms with Crippen LogP contribution < -0.4 is 4.90 Å². The summed E-state index contributed by atoms with van der Waals surface area (Å²) in [4.78, 5) is 7.64. The van der Waals surface area contributed by atoms with Crippen molar-refractivity contribution >= 4 is 38.9 Å². The first-order valence-corrected chi connectivity index (χ1v) is 18.4. The molecule has 3 heteroatoms. The van der Waals surface area contributed by atoms with Gasteiger partial charge in [0.05, 0.1) is 28.1 Å². The Morgan fingerprint density at radius 3 is 1.79 bits per heavy atom. The standard InChI is InChI=1S/C50H35N3/c1-50(2)43-22-10-13-25-47(43)52(32-15-4-3-5-16-32)48-31-41-40-29-33(53-45-23-11-8-19-37(45)38-20-9-12-24-46(38)53)26-27-36(40)34-17-6-7-18-35(34)39-21-14-28-51-49(39)42(41)30-44(48)50/h3-31H,1-2H3. The van der Waals surface area contributed by atoms with Gasteiger partial charge < -0.3 is 9.47 Å². The molecule has 53 heavy (non-hydrogen) atoms. The number of hydrogen-bond donors (Lipinski definition) is 0. The maximum absolute atomic E-state index is 5.19. The van der Waals surface area contributed by atoms with Gasteiger partial charge in [-0.3, -0.25) is 4.98 Å². The van der Waals surface area contributed by atoms with Crippen LogP contribution in [-0.2, 0) is 5.41 Å². The van der Waals surface area contributed by atoms with Crippen molar-refractivity contribution in [2.75, 3.05) is 4.90 Å². The van der Waals surface area contributed by atoms with E-state index >= 15 is 0 Å². The van der Waals surface area contributed by atoms with Gasteiger partial charge in [0.2, 0.25) is 0 Å². The Morgan fingerprint density at radius 2 is 1.02 bits per heavy atom. The zero-order valence-electron chi connectivity index (χ0n) is 29.6. The van der Waals surface area contributed by atoms with E-state index in [0.717, 1.165) is 28.2 Å². The van der Waals surface area contributed by atoms with Crippen LogP contribution in [0.4, 0.5) is 17.1 Å². The molecule has 0 atom stereocenters. The van der Waals surface area contributed by atoms with Gasteiger partial charge in [0.15, 0.2) is 0 Å². The minimum Gasteiger partial charge on any atom is -0.310 e. The molecule has 0 N–H and O–H groups in total. The summed E-state index contributed by atoms with van der Waals surface area (Å²) in [6, 6.07) is 62.3. The predicted molar refractivity (Wildman–Crippen MR) is 221 cm³/mol. The Morgan fingerprint density at radius 1 is 0.415 bits per heavy atom. The lowest BCUT2D eigenvalue weighted by molar-refractivity contribution is 0.632. The van der Waals surface area contributed by atoms with E-state index in [1.54, 1.807) is 0 Å². The molecule has 0 unspecified atom stereocenters. The molecule has 0 saturated heterocycles. The minimum atomic E-state index is -0.255. The number of fused-ring (bicyclic) bond motifs is 13. The summed E-state index contributed by atoms with van der Waals surface area (Å²) in [7, 11) is 0. The first kappa shape index (κ1) is 30.0. The van der Waals surface area contributed by atoms with Crippen LogP contribution in [0.15, 0.2) is 176 Å². The normalized spacial score (nSPS) is 13.6. The van der Waals surface area contributed by atoms with E-state index in [4.69, 9.17) is 4.98 Å². The summed E-state index contributed by atoms with van der Waals surface area (Å²) in [5.74, 6) is 0. The number of para-hydroxylation sites is 4. The molecule has 2 aromatic heterocycles. The Hall–Kier alpha value is -6.71. The SMILES string of the molecule is CC1(C)c2ccccc2N(c2ccccc2)c2cc3c(cc21)-c1ncccc1-c1ccccc1-c1ccc(-n2c4ccccc4c4ccccc42)cc1-3. The molecule has 11 rings (SSSR count). The van der Waals surface area contributed by atoms with Crippen LogP contribution >= 0.6 is 0 Å². The summed E-state index contributed by atoms with van der Waals surface area (Å²) in [6.45, 7) is 4.73. The molecule has 0 bridgehead atoms. The van der Waals surface area contributed by atoms with Crippen LogP contribution in [0.2, 0.25) is 0 Å². The molecule has 0 radical (unpaired) electrons. The third-order valence-electron chi connectivity index (χ3n) is 11.6. The van der Waals surface area contributed by atoms with Gasteiger partial charge in [-0.15, -0.1) is 0 Å². The molecule has 9 aromatic rings. The Kier molecular flexibility index (Phi) is 6.30. The van der Waals surface area contributed by atoms with Crippen molar-refractivity contribution < 1.29 is 0 Å². The summed E-state index contributed by atoms with van der Waals surface area (Å²) in [5.41, 5.74) is 18.7. The molecule has 0 amide bonds. The van der Waals surface area contributed by atoms with Crippen molar-refractivity contribution in [2.24, 2.45) is 0 Å². The number of benzene rings is 7. The van der Waals surface area contributed by atoms with E-state index in [2.05, 4.69) is 193 Å². The van der Waals surface area contributed by atoms with Crippen LogP contribution in [0.1, 0.15) is 25.0 Å². The second-order valence-electron chi connectivity index (χ2n) is 14.8. The predicted octanol–water partition coefficient (Wildman–Crippen LogP) is 13.3. The van der Waals surface area contributed by atoms with Crippen molar-refractivity contribution in [3.8, 4) is 50.3 Å². The first-order valence-electron chi connectivity index (χ1n) is 18.4. The zero-order chi connectivity index (χ0) is 35.3. The third kappa shape index (κ3) is 4.25. The fourth-order valence-electron chi connectivity index (χ4n) is 9.14. The van der Waals surface area contributed by atoms with Gasteiger partial charge in [-0.1, -0.05) is 123 Å². The Bertz CT molecular complexity index is 2880. The molecular weight excluding hydrogens is 643 g/mol. The molecule has 0 spiro atoms. The quantitative estimate of drug-likeness (QED) is 0.182. The van der Waals surface area contributed by atoms with Crippen LogP contribution in [0.3, 0.4) is 0 Å². The van der Waals surface area contributed by atoms with Crippen LogP contribution in [0.25, 0.3) is 72.1 Å². The highest BCUT2D eigenvalue weighted by Crippen LogP contribution is 2.56. The highest BCUT2D eigenvalue weighted by atomic mass is 15.2. The second-order valence-corrected chi connectivity index (χ2v) is 14.8. The zero-order valence-corrected chi connectivity index (χ0v) is 29.6. The van der Waals surface area contributed by atoms with Gasteiger partial charge in [0, 0.05) is 44.9 Å². The van der Waals surface area contributed by atoms with Gasteiger partial charge in [0.25, 0.3) is 0 Å². The average molecular weight is 678 g/mol. The lowest BCUT2D eigenvalue weighted by Gasteiger charge is -2.43. The molecule has 7 aromatic carbocycles. The number of aromatic nitrogens is 2. The largest absolute Gasteiger partial charge is 0.310 e. The van der Waals surface area contributed by atoms with Crippen molar-refractivity contribution in [3.05, 3.63) is 187 Å². The highest BCUT2D eigenvalue weighted by Gasteiger charge is 2.38. The molecule has 0 fully saturated rings. The van der Waals surface area contributed by atoms with E-state index in [-0.39, 0.29) is 5.41 Å². The number of nitrogens with zero attached hydrogens (tertiary/aromatic N) is 3. The van der Waals surface area contributed by atoms with E-state index in [9.17, 15) is 0 Å². The first-order chi connectivity index (χ1) is 26.1. The second kappa shape index (κ2) is 11.1. The average Bonchev–Trinajstić information content (AvgIpc) is 3.55. The Labute approximate surface area is 309 Å². The topological polar surface area (TPSA) is 21.1 Å². The third-order valence-corrected chi connectivity index (χ3v) is 11.6. The van der Waals surface area contributed by atoms with Crippen LogP contribution in [-0.4, -0.2) is 9.55 Å². The van der Waals surface area contributed by atoms with Gasteiger partial charge in [-0.05, 0) is 99.6 Å². The summed E-state index contributed by atoms with van der Waals surface area (Å²) >= 11 is 0. The van der Waals surface area contributed by atoms with E-state index < -0.39 is 0 Å². The van der Waals surface area contributed by atoms with Crippen LogP contribution in [0.5, 0.6) is 0 Å². The van der Waals surface area contributed by atoms with Gasteiger partial charge in [-0.25, -0.2) is 0 Å². The molecule has 1 aliphatic carbocycles. The van der Waals surface area contributed by atoms with Gasteiger partial charge in [0.1, 0.15) is 0 Å². The van der Waals surface area contributed by atoms with Crippen molar-refractivity contribution in [2.45, 2.75) is 19.3 Å². The van der Waals surface area contributed by atoms with Crippen molar-refractivity contribution in [1.29, 1.82) is 0 Å². The smallest absolute Gasteiger partial charge is 0.0786 e. The molecule has 0 saturated carbocycles. The fourth-order valence-corrected chi connectivity index (χ4v) is 9.14. The van der Waals surface area contributed by atoms with Crippen LogP contribution in [0, 0.1) is 0 Å². The van der Waals surface area contributed by atoms with Crippen molar-refractivity contribution in [1.82, 2.24) is 9.55 Å².